The molecule has 0 saturated heterocycles. The highest BCUT2D eigenvalue weighted by Crippen LogP contribution is 1.88. The third-order valence-electron chi connectivity index (χ3n) is 0.763. The molecule has 0 aromatic rings. The number of carbonyl (C=O) groups is 1. The van der Waals surface area contributed by atoms with E-state index in [9.17, 15) is 4.79 Å². The molecule has 0 saturated carbocycles. The number of methoxy groups -OCH3 is 1. The third-order valence-corrected chi connectivity index (χ3v) is 0.763. The van der Waals surface area contributed by atoms with Crippen LogP contribution in [0.25, 0.3) is 0 Å². The fourth-order valence-corrected chi connectivity index (χ4v) is 0.277. The number of ether oxygens (including phenoxy) is 1. The van der Waals surface area contributed by atoms with Gasteiger partial charge in [-0.2, -0.15) is 0 Å². The van der Waals surface area contributed by atoms with Gasteiger partial charge < -0.3 is 4.74 Å². The molecule has 0 rings (SSSR count). The summed E-state index contributed by atoms with van der Waals surface area (Å²) >= 11 is 0. The van der Waals surface area contributed by atoms with Gasteiger partial charge in [-0.25, -0.2) is 4.79 Å². The van der Waals surface area contributed by atoms with Crippen molar-refractivity contribution in [2.24, 2.45) is 0 Å². The number of allylic oxidation sites excluding steroid dienone is 1. The molecular formula is C7H8O2. The van der Waals surface area contributed by atoms with Crippen LogP contribution in [-0.2, 0) is 9.53 Å². The van der Waals surface area contributed by atoms with Gasteiger partial charge in [0.2, 0.25) is 0 Å². The number of hydrogen-bond donors (Lipinski definition) is 0. The van der Waals surface area contributed by atoms with E-state index >= 15 is 0 Å². The highest BCUT2D eigenvalue weighted by molar-refractivity contribution is 5.83. The van der Waals surface area contributed by atoms with E-state index in [1.54, 1.807) is 6.92 Å². The Morgan fingerprint density at radius 3 is 2.67 bits per heavy atom. The molecule has 0 aromatic carbocycles. The van der Waals surface area contributed by atoms with Crippen molar-refractivity contribution in [3.63, 3.8) is 0 Å². The molecule has 0 fully saturated rings. The average Bonchev–Trinajstić information content (AvgIpc) is 1.87. The van der Waals surface area contributed by atoms with Crippen LogP contribution in [0.3, 0.4) is 0 Å². The molecule has 0 unspecified atom stereocenters. The maximum absolute atomic E-state index is 10.4. The molecule has 0 amide bonds. The lowest BCUT2D eigenvalue weighted by atomic mass is 10.3. The molecule has 9 heavy (non-hydrogen) atoms. The highest BCUT2D eigenvalue weighted by atomic mass is 16.5. The molecule has 0 radical (unpaired) electrons. The van der Waals surface area contributed by atoms with Crippen LogP contribution in [0.5, 0.6) is 0 Å². The molecule has 0 atom stereocenters. The molecule has 0 aromatic heterocycles. The Labute approximate surface area is 54.5 Å². The molecule has 0 bridgehead atoms. The van der Waals surface area contributed by atoms with Crippen molar-refractivity contribution in [2.75, 3.05) is 7.11 Å². The van der Waals surface area contributed by atoms with Gasteiger partial charge in [0.15, 0.2) is 0 Å². The number of terminal acetylenes is 1. The Morgan fingerprint density at radius 1 is 1.78 bits per heavy atom. The van der Waals surface area contributed by atoms with E-state index < -0.39 is 5.97 Å². The first-order chi connectivity index (χ1) is 4.20. The van der Waals surface area contributed by atoms with Gasteiger partial charge in [-0.3, -0.25) is 0 Å². The monoisotopic (exact) mass is 124 g/mol. The van der Waals surface area contributed by atoms with Crippen molar-refractivity contribution in [1.82, 2.24) is 0 Å². The number of rotatable bonds is 1. The summed E-state index contributed by atoms with van der Waals surface area (Å²) in [5.74, 6) is 1.88. The second-order valence-corrected chi connectivity index (χ2v) is 1.49. The van der Waals surface area contributed by atoms with E-state index in [1.165, 1.54) is 13.2 Å². The maximum Gasteiger partial charge on any atom is 0.331 e. The van der Waals surface area contributed by atoms with Crippen LogP contribution in [0.1, 0.15) is 6.92 Å². The summed E-state index contributed by atoms with van der Waals surface area (Å²) in [7, 11) is 1.31. The molecule has 0 N–H and O–H groups in total. The Balaban J connectivity index is 4.00. The largest absolute Gasteiger partial charge is 0.466 e. The second kappa shape index (κ2) is 3.73. The van der Waals surface area contributed by atoms with Crippen LogP contribution in [0.15, 0.2) is 11.6 Å². The first-order valence-electron chi connectivity index (χ1n) is 2.43. The zero-order valence-electron chi connectivity index (χ0n) is 5.47. The Hall–Kier alpha value is -1.23. The molecule has 0 aliphatic heterocycles. The van der Waals surface area contributed by atoms with Gasteiger partial charge in [0.25, 0.3) is 0 Å². The van der Waals surface area contributed by atoms with Gasteiger partial charge in [-0.05, 0) is 6.92 Å². The average molecular weight is 124 g/mol. The summed E-state index contributed by atoms with van der Waals surface area (Å²) in [5, 5.41) is 0. The molecule has 48 valence electrons. The molecule has 2 heteroatoms. The van der Waals surface area contributed by atoms with E-state index in [2.05, 4.69) is 10.7 Å². The third kappa shape index (κ3) is 3.36. The van der Waals surface area contributed by atoms with Crippen LogP contribution >= 0.6 is 0 Å². The molecule has 0 aliphatic carbocycles. The van der Waals surface area contributed by atoms with E-state index in [4.69, 9.17) is 6.42 Å². The minimum atomic E-state index is -0.412. The van der Waals surface area contributed by atoms with Crippen LogP contribution < -0.4 is 0 Å². The van der Waals surface area contributed by atoms with Crippen molar-refractivity contribution in [1.29, 1.82) is 0 Å². The second-order valence-electron chi connectivity index (χ2n) is 1.49. The van der Waals surface area contributed by atoms with E-state index in [1.807, 2.05) is 0 Å². The fraction of sp³-hybridized carbons (Fsp3) is 0.286. The van der Waals surface area contributed by atoms with Gasteiger partial charge in [-0.15, -0.1) is 6.42 Å². The highest BCUT2D eigenvalue weighted by Gasteiger charge is 1.91. The van der Waals surface area contributed by atoms with Crippen molar-refractivity contribution in [3.05, 3.63) is 11.6 Å². The minimum absolute atomic E-state index is 0.412. The first-order valence-corrected chi connectivity index (χ1v) is 2.43. The van der Waals surface area contributed by atoms with Crippen LogP contribution in [0.4, 0.5) is 0 Å². The minimum Gasteiger partial charge on any atom is -0.466 e. The van der Waals surface area contributed by atoms with Gasteiger partial charge in [0.1, 0.15) is 0 Å². The SMILES string of the molecule is C#C/C(C)=C/C(=O)OC. The summed E-state index contributed by atoms with van der Waals surface area (Å²) in [5.41, 5.74) is 0.571. The summed E-state index contributed by atoms with van der Waals surface area (Å²) in [6.07, 6.45) is 6.21. The zero-order valence-corrected chi connectivity index (χ0v) is 5.47. The topological polar surface area (TPSA) is 26.3 Å². The molecule has 2 nitrogen and oxygen atoms in total. The number of hydrogen-bond acceptors (Lipinski definition) is 2. The van der Waals surface area contributed by atoms with Crippen LogP contribution in [-0.4, -0.2) is 13.1 Å². The Kier molecular flexibility index (Phi) is 3.22. The molecule has 0 spiro atoms. The van der Waals surface area contributed by atoms with E-state index in [0.717, 1.165) is 0 Å². The van der Waals surface area contributed by atoms with Gasteiger partial charge in [-0.1, -0.05) is 5.92 Å². The molecule has 0 heterocycles. The summed E-state index contributed by atoms with van der Waals surface area (Å²) in [6.45, 7) is 1.66. The number of carbonyl (C=O) groups excluding carboxylic acids is 1. The summed E-state index contributed by atoms with van der Waals surface area (Å²) in [6, 6.07) is 0. The van der Waals surface area contributed by atoms with Crippen molar-refractivity contribution in [3.8, 4) is 12.3 Å². The van der Waals surface area contributed by atoms with Gasteiger partial charge in [0, 0.05) is 11.6 Å². The molecular weight excluding hydrogens is 116 g/mol. The maximum atomic E-state index is 10.4. The Bertz CT molecular complexity index is 172. The predicted molar refractivity (Wildman–Crippen MR) is 34.6 cm³/mol. The van der Waals surface area contributed by atoms with Gasteiger partial charge >= 0.3 is 5.97 Å². The molecule has 0 aliphatic rings. The van der Waals surface area contributed by atoms with Gasteiger partial charge in [0.05, 0.1) is 7.11 Å². The normalized spacial score (nSPS) is 10.1. The first kappa shape index (κ1) is 7.77. The predicted octanol–water partition coefficient (Wildman–Crippen LogP) is 0.739. The smallest absolute Gasteiger partial charge is 0.331 e. The fourth-order valence-electron chi connectivity index (χ4n) is 0.277. The Morgan fingerprint density at radius 2 is 2.33 bits per heavy atom. The quantitative estimate of drug-likeness (QED) is 0.293. The van der Waals surface area contributed by atoms with E-state index in [-0.39, 0.29) is 0 Å². The van der Waals surface area contributed by atoms with Crippen molar-refractivity contribution < 1.29 is 9.53 Å². The van der Waals surface area contributed by atoms with E-state index in [0.29, 0.717) is 5.57 Å². The lowest BCUT2D eigenvalue weighted by molar-refractivity contribution is -0.134. The lowest BCUT2D eigenvalue weighted by Gasteiger charge is -1.88. The summed E-state index contributed by atoms with van der Waals surface area (Å²) < 4.78 is 4.31. The standard InChI is InChI=1S/C7H8O2/c1-4-6(2)5-7(8)9-3/h1,5H,2-3H3/b6-5+. The van der Waals surface area contributed by atoms with Crippen LogP contribution in [0, 0.1) is 12.3 Å². The summed E-state index contributed by atoms with van der Waals surface area (Å²) in [4.78, 5) is 10.4. The lowest BCUT2D eigenvalue weighted by Crippen LogP contribution is -1.94. The zero-order chi connectivity index (χ0) is 7.28. The van der Waals surface area contributed by atoms with Crippen molar-refractivity contribution >= 4 is 5.97 Å². The number of esters is 1. The van der Waals surface area contributed by atoms with Crippen LogP contribution in [0.2, 0.25) is 0 Å². The van der Waals surface area contributed by atoms with Crippen molar-refractivity contribution in [2.45, 2.75) is 6.92 Å².